The molecule has 7 nitrogen and oxygen atoms in total. The van der Waals surface area contributed by atoms with Crippen molar-refractivity contribution in [1.29, 1.82) is 0 Å². The Bertz CT molecular complexity index is 654. The monoisotopic (exact) mass is 309 g/mol. The Hall–Kier alpha value is -1.77. The molecule has 0 unspecified atom stereocenters. The van der Waals surface area contributed by atoms with E-state index in [1.165, 1.54) is 6.20 Å². The van der Waals surface area contributed by atoms with Crippen LogP contribution in [-0.2, 0) is 23.1 Å². The number of aryl methyl sites for hydroxylation is 1. The van der Waals surface area contributed by atoms with E-state index in [0.29, 0.717) is 6.54 Å². The highest BCUT2D eigenvalue weighted by Gasteiger charge is 2.16. The normalized spacial score (nSPS) is 11.7. The summed E-state index contributed by atoms with van der Waals surface area (Å²) < 4.78 is 28.5. The van der Waals surface area contributed by atoms with Crippen molar-refractivity contribution in [2.24, 2.45) is 0 Å². The van der Waals surface area contributed by atoms with E-state index in [9.17, 15) is 8.42 Å². The minimum Gasteiger partial charge on any atom is -0.320 e. The van der Waals surface area contributed by atoms with Gasteiger partial charge in [0.05, 0.1) is 6.20 Å². The summed E-state index contributed by atoms with van der Waals surface area (Å²) in [7, 11) is -1.66. The van der Waals surface area contributed by atoms with Gasteiger partial charge in [0.1, 0.15) is 4.90 Å². The number of nitrogens with zero attached hydrogens (tertiary/aromatic N) is 3. The molecular formula is C13H19N5O2S. The van der Waals surface area contributed by atoms with Gasteiger partial charge in [-0.05, 0) is 37.7 Å². The number of rotatable bonds is 8. The Balaban J connectivity index is 1.96. The van der Waals surface area contributed by atoms with Crippen molar-refractivity contribution in [3.8, 4) is 0 Å². The third-order valence-electron chi connectivity index (χ3n) is 2.95. The molecule has 2 aromatic heterocycles. The van der Waals surface area contributed by atoms with Gasteiger partial charge in [0.25, 0.3) is 0 Å². The molecule has 0 spiro atoms. The van der Waals surface area contributed by atoms with Gasteiger partial charge in [-0.1, -0.05) is 0 Å². The van der Waals surface area contributed by atoms with E-state index in [1.54, 1.807) is 35.4 Å². The number of aromatic nitrogens is 3. The van der Waals surface area contributed by atoms with E-state index in [1.807, 2.05) is 7.05 Å². The maximum absolute atomic E-state index is 12.2. The van der Waals surface area contributed by atoms with Crippen LogP contribution < -0.4 is 10.0 Å². The predicted octanol–water partition coefficient (Wildman–Crippen LogP) is 0.366. The van der Waals surface area contributed by atoms with Gasteiger partial charge in [0.15, 0.2) is 0 Å². The molecule has 0 aromatic carbocycles. The fourth-order valence-corrected chi connectivity index (χ4v) is 2.76. The molecule has 0 amide bonds. The Morgan fingerprint density at radius 2 is 2.05 bits per heavy atom. The Morgan fingerprint density at radius 3 is 2.76 bits per heavy atom. The van der Waals surface area contributed by atoms with Crippen LogP contribution in [-0.4, -0.2) is 36.8 Å². The van der Waals surface area contributed by atoms with Crippen molar-refractivity contribution < 1.29 is 8.42 Å². The first-order chi connectivity index (χ1) is 10.1. The van der Waals surface area contributed by atoms with E-state index < -0.39 is 10.0 Å². The third kappa shape index (κ3) is 4.62. The Morgan fingerprint density at radius 1 is 1.29 bits per heavy atom. The zero-order chi connectivity index (χ0) is 15.1. The van der Waals surface area contributed by atoms with Crippen LogP contribution in [0.3, 0.4) is 0 Å². The molecule has 0 radical (unpaired) electrons. The van der Waals surface area contributed by atoms with Crippen LogP contribution in [0.25, 0.3) is 0 Å². The van der Waals surface area contributed by atoms with Crippen molar-refractivity contribution in [1.82, 2.24) is 24.8 Å². The molecule has 0 saturated heterocycles. The lowest BCUT2D eigenvalue weighted by molar-refractivity contribution is 0.560. The molecule has 0 saturated carbocycles. The first kappa shape index (κ1) is 15.6. The first-order valence-corrected chi connectivity index (χ1v) is 8.16. The lowest BCUT2D eigenvalue weighted by Crippen LogP contribution is -2.22. The lowest BCUT2D eigenvalue weighted by atomic mass is 10.3. The van der Waals surface area contributed by atoms with Crippen molar-refractivity contribution in [2.45, 2.75) is 24.4 Å². The highest BCUT2D eigenvalue weighted by Crippen LogP contribution is 2.08. The van der Waals surface area contributed by atoms with Crippen LogP contribution in [0.2, 0.25) is 0 Å². The molecule has 0 atom stereocenters. The fourth-order valence-electron chi connectivity index (χ4n) is 1.79. The van der Waals surface area contributed by atoms with Gasteiger partial charge in [-0.15, -0.1) is 0 Å². The molecule has 0 aliphatic heterocycles. The van der Waals surface area contributed by atoms with Gasteiger partial charge < -0.3 is 5.32 Å². The van der Waals surface area contributed by atoms with Crippen LogP contribution in [0.5, 0.6) is 0 Å². The number of hydrogen-bond donors (Lipinski definition) is 2. The van der Waals surface area contributed by atoms with Crippen molar-refractivity contribution in [3.63, 3.8) is 0 Å². The van der Waals surface area contributed by atoms with Gasteiger partial charge in [-0.2, -0.15) is 5.10 Å². The largest absolute Gasteiger partial charge is 0.320 e. The summed E-state index contributed by atoms with van der Waals surface area (Å²) in [5, 5.41) is 7.11. The molecule has 2 heterocycles. The SMILES string of the molecule is CNCCCn1cc(S(=O)(=O)NCc2ccncc2)cn1. The summed E-state index contributed by atoms with van der Waals surface area (Å²) in [4.78, 5) is 4.07. The molecular weight excluding hydrogens is 290 g/mol. The quantitative estimate of drug-likeness (QED) is 0.688. The number of nitrogens with one attached hydrogen (secondary N) is 2. The number of sulfonamides is 1. The summed E-state index contributed by atoms with van der Waals surface area (Å²) in [6.07, 6.45) is 7.06. The molecule has 0 bridgehead atoms. The molecule has 0 aliphatic carbocycles. The van der Waals surface area contributed by atoms with Crippen LogP contribution in [0, 0.1) is 0 Å². The third-order valence-corrected chi connectivity index (χ3v) is 4.31. The average Bonchev–Trinajstić information content (AvgIpc) is 2.96. The van der Waals surface area contributed by atoms with Crippen molar-refractivity contribution in [2.75, 3.05) is 13.6 Å². The van der Waals surface area contributed by atoms with Crippen molar-refractivity contribution >= 4 is 10.0 Å². The molecule has 0 fully saturated rings. The summed E-state index contributed by atoms with van der Waals surface area (Å²) in [5.41, 5.74) is 0.856. The molecule has 2 aromatic rings. The zero-order valence-corrected chi connectivity index (χ0v) is 12.7. The average molecular weight is 309 g/mol. The molecule has 2 N–H and O–H groups in total. The highest BCUT2D eigenvalue weighted by atomic mass is 32.2. The van der Waals surface area contributed by atoms with Crippen LogP contribution in [0.1, 0.15) is 12.0 Å². The summed E-state index contributed by atoms with van der Waals surface area (Å²) in [5.74, 6) is 0. The van der Waals surface area contributed by atoms with E-state index in [-0.39, 0.29) is 11.4 Å². The minimum atomic E-state index is -3.54. The standard InChI is InChI=1S/C13H19N5O2S/c1-14-5-2-8-18-11-13(10-16-18)21(19,20)17-9-12-3-6-15-7-4-12/h3-4,6-7,10-11,14,17H,2,5,8-9H2,1H3. The molecule has 8 heteroatoms. The Kier molecular flexibility index (Phi) is 5.43. The second-order valence-electron chi connectivity index (χ2n) is 4.58. The van der Waals surface area contributed by atoms with Gasteiger partial charge in [0.2, 0.25) is 10.0 Å². The molecule has 2 rings (SSSR count). The van der Waals surface area contributed by atoms with Gasteiger partial charge in [-0.3, -0.25) is 9.67 Å². The topological polar surface area (TPSA) is 88.9 Å². The van der Waals surface area contributed by atoms with Gasteiger partial charge in [0, 0.05) is 31.7 Å². The Labute approximate surface area is 124 Å². The van der Waals surface area contributed by atoms with Crippen LogP contribution in [0.4, 0.5) is 0 Å². The number of hydrogen-bond acceptors (Lipinski definition) is 5. The first-order valence-electron chi connectivity index (χ1n) is 6.67. The van der Waals surface area contributed by atoms with E-state index in [2.05, 4.69) is 20.1 Å². The maximum atomic E-state index is 12.2. The second kappa shape index (κ2) is 7.30. The lowest BCUT2D eigenvalue weighted by Gasteiger charge is -2.04. The molecule has 0 aliphatic rings. The van der Waals surface area contributed by atoms with Crippen molar-refractivity contribution in [3.05, 3.63) is 42.5 Å². The van der Waals surface area contributed by atoms with Gasteiger partial charge >= 0.3 is 0 Å². The van der Waals surface area contributed by atoms with E-state index in [4.69, 9.17) is 0 Å². The smallest absolute Gasteiger partial charge is 0.243 e. The summed E-state index contributed by atoms with van der Waals surface area (Å²) in [6.45, 7) is 1.78. The van der Waals surface area contributed by atoms with Gasteiger partial charge in [-0.25, -0.2) is 13.1 Å². The molecule has 114 valence electrons. The molecule has 21 heavy (non-hydrogen) atoms. The highest BCUT2D eigenvalue weighted by molar-refractivity contribution is 7.89. The fraction of sp³-hybridized carbons (Fsp3) is 0.385. The summed E-state index contributed by atoms with van der Waals surface area (Å²) in [6, 6.07) is 3.54. The summed E-state index contributed by atoms with van der Waals surface area (Å²) >= 11 is 0. The van der Waals surface area contributed by atoms with Crippen LogP contribution in [0.15, 0.2) is 41.8 Å². The van der Waals surface area contributed by atoms with E-state index in [0.717, 1.165) is 18.5 Å². The predicted molar refractivity (Wildman–Crippen MR) is 79.0 cm³/mol. The second-order valence-corrected chi connectivity index (χ2v) is 6.34. The zero-order valence-electron chi connectivity index (χ0n) is 11.9. The minimum absolute atomic E-state index is 0.181. The van der Waals surface area contributed by atoms with Crippen LogP contribution >= 0.6 is 0 Å². The maximum Gasteiger partial charge on any atom is 0.243 e. The number of pyridine rings is 1. The van der Waals surface area contributed by atoms with E-state index >= 15 is 0 Å².